The molecule has 2 N–H and O–H groups in total. The molecule has 2 aromatic heterocycles. The fourth-order valence-electron chi connectivity index (χ4n) is 2.54. The van der Waals surface area contributed by atoms with Crippen LogP contribution >= 0.6 is 22.9 Å². The summed E-state index contributed by atoms with van der Waals surface area (Å²) in [6.07, 6.45) is 0. The number of pyridine rings is 1. The third-order valence-corrected chi connectivity index (χ3v) is 5.50. The van der Waals surface area contributed by atoms with Gasteiger partial charge in [0.25, 0.3) is 5.91 Å². The summed E-state index contributed by atoms with van der Waals surface area (Å²) in [7, 11) is 1.74. The molecule has 6 heteroatoms. The Morgan fingerprint density at radius 3 is 2.57 bits per heavy atom. The predicted molar refractivity (Wildman–Crippen MR) is 97.7 cm³/mol. The second-order valence-corrected chi connectivity index (χ2v) is 6.74. The second-order valence-electron chi connectivity index (χ2n) is 5.36. The molecule has 0 fully saturated rings. The number of halogens is 1. The molecule has 0 spiro atoms. The van der Waals surface area contributed by atoms with Crippen LogP contribution in [0.1, 0.15) is 20.9 Å². The molecule has 1 amide bonds. The summed E-state index contributed by atoms with van der Waals surface area (Å²) in [6.45, 7) is 3.75. The van der Waals surface area contributed by atoms with Gasteiger partial charge in [0.05, 0.1) is 16.4 Å². The Labute approximate surface area is 143 Å². The lowest BCUT2D eigenvalue weighted by Gasteiger charge is -2.16. The van der Waals surface area contributed by atoms with Crippen LogP contribution < -0.4 is 10.6 Å². The van der Waals surface area contributed by atoms with E-state index in [-0.39, 0.29) is 5.91 Å². The Kier molecular flexibility index (Phi) is 4.00. The fourth-order valence-corrected chi connectivity index (χ4v) is 3.85. The highest BCUT2D eigenvalue weighted by Crippen LogP contribution is 2.38. The first-order valence-electron chi connectivity index (χ1n) is 7.09. The number of carbonyl (C=O) groups excluding carboxylic acids is 1. The Hall–Kier alpha value is -2.11. The van der Waals surface area contributed by atoms with Crippen LogP contribution in [0.25, 0.3) is 10.2 Å². The molecule has 0 aliphatic rings. The molecule has 0 aliphatic heterocycles. The Balaban J connectivity index is 2.12. The van der Waals surface area contributed by atoms with Crippen molar-refractivity contribution in [1.82, 2.24) is 4.98 Å². The van der Waals surface area contributed by atoms with Crippen molar-refractivity contribution in [3.63, 3.8) is 0 Å². The number of rotatable bonds is 2. The van der Waals surface area contributed by atoms with Crippen LogP contribution in [0, 0.1) is 13.8 Å². The average Bonchev–Trinajstić information content (AvgIpc) is 2.88. The maximum absolute atomic E-state index is 12.8. The van der Waals surface area contributed by atoms with Gasteiger partial charge in [0.15, 0.2) is 0 Å². The maximum atomic E-state index is 12.8. The van der Waals surface area contributed by atoms with Gasteiger partial charge in [-0.2, -0.15) is 0 Å². The first-order valence-corrected chi connectivity index (χ1v) is 8.29. The van der Waals surface area contributed by atoms with Gasteiger partial charge in [0.1, 0.15) is 9.71 Å². The molecule has 0 atom stereocenters. The summed E-state index contributed by atoms with van der Waals surface area (Å²) in [6, 6.07) is 9.45. The highest BCUT2D eigenvalue weighted by atomic mass is 35.5. The van der Waals surface area contributed by atoms with E-state index in [1.807, 2.05) is 44.2 Å². The molecule has 1 aromatic carbocycles. The van der Waals surface area contributed by atoms with Crippen molar-refractivity contribution < 1.29 is 4.79 Å². The molecular formula is C17H16ClN3OS. The molecule has 0 saturated heterocycles. The molecule has 118 valence electrons. The lowest BCUT2D eigenvalue weighted by atomic mass is 10.1. The van der Waals surface area contributed by atoms with Gasteiger partial charge in [-0.1, -0.05) is 29.8 Å². The van der Waals surface area contributed by atoms with E-state index in [1.165, 1.54) is 11.3 Å². The zero-order valence-corrected chi connectivity index (χ0v) is 14.6. The maximum Gasteiger partial charge on any atom is 0.270 e. The van der Waals surface area contributed by atoms with E-state index in [4.69, 9.17) is 17.3 Å². The van der Waals surface area contributed by atoms with Crippen LogP contribution in [0.2, 0.25) is 5.02 Å². The van der Waals surface area contributed by atoms with Gasteiger partial charge < -0.3 is 10.6 Å². The van der Waals surface area contributed by atoms with Crippen molar-refractivity contribution in [3.8, 4) is 0 Å². The lowest BCUT2D eigenvalue weighted by Crippen LogP contribution is -2.25. The molecular weight excluding hydrogens is 330 g/mol. The summed E-state index contributed by atoms with van der Waals surface area (Å²) in [5.74, 6) is -0.148. The van der Waals surface area contributed by atoms with Crippen molar-refractivity contribution >= 4 is 50.4 Å². The van der Waals surface area contributed by atoms with Gasteiger partial charge in [0, 0.05) is 18.1 Å². The second kappa shape index (κ2) is 5.83. The van der Waals surface area contributed by atoms with Crippen molar-refractivity contribution in [2.45, 2.75) is 13.8 Å². The minimum absolute atomic E-state index is 0.148. The topological polar surface area (TPSA) is 59.2 Å². The number of hydrogen-bond donors (Lipinski definition) is 1. The van der Waals surface area contributed by atoms with Gasteiger partial charge in [-0.05, 0) is 31.5 Å². The standard InChI is InChI=1S/C17H16ClN3OS/c1-9-12-14(19)15(23-16(12)20-10(2)13(9)18)17(22)21(3)11-7-5-4-6-8-11/h4-8H,19H2,1-3H3. The first kappa shape index (κ1) is 15.8. The van der Waals surface area contributed by atoms with Gasteiger partial charge >= 0.3 is 0 Å². The number of anilines is 2. The van der Waals surface area contributed by atoms with Gasteiger partial charge in [0.2, 0.25) is 0 Å². The SMILES string of the molecule is Cc1nc2sc(C(=O)N(C)c3ccccc3)c(N)c2c(C)c1Cl. The van der Waals surface area contributed by atoms with Crippen molar-refractivity contribution in [1.29, 1.82) is 0 Å². The highest BCUT2D eigenvalue weighted by Gasteiger charge is 2.23. The zero-order chi connectivity index (χ0) is 16.7. The third-order valence-electron chi connectivity index (χ3n) is 3.86. The van der Waals surface area contributed by atoms with Crippen LogP contribution in [0.4, 0.5) is 11.4 Å². The summed E-state index contributed by atoms with van der Waals surface area (Å²) in [5, 5.41) is 1.37. The number of amides is 1. The van der Waals surface area contributed by atoms with E-state index < -0.39 is 0 Å². The largest absolute Gasteiger partial charge is 0.397 e. The van der Waals surface area contributed by atoms with Crippen LogP contribution in [0.3, 0.4) is 0 Å². The quantitative estimate of drug-likeness (QED) is 0.747. The average molecular weight is 346 g/mol. The fraction of sp³-hybridized carbons (Fsp3) is 0.176. The molecule has 3 rings (SSSR count). The van der Waals surface area contributed by atoms with E-state index in [0.29, 0.717) is 15.6 Å². The smallest absolute Gasteiger partial charge is 0.270 e. The normalized spacial score (nSPS) is 11.0. The number of aromatic nitrogens is 1. The number of benzene rings is 1. The number of nitrogens with two attached hydrogens (primary N) is 1. The van der Waals surface area contributed by atoms with Crippen LogP contribution in [-0.4, -0.2) is 17.9 Å². The molecule has 4 nitrogen and oxygen atoms in total. The molecule has 2 heterocycles. The zero-order valence-electron chi connectivity index (χ0n) is 13.1. The summed E-state index contributed by atoms with van der Waals surface area (Å²) >= 11 is 7.57. The van der Waals surface area contributed by atoms with Gasteiger partial charge in [-0.25, -0.2) is 4.98 Å². The monoisotopic (exact) mass is 345 g/mol. The van der Waals surface area contributed by atoms with Gasteiger partial charge in [-0.3, -0.25) is 4.79 Å². The highest BCUT2D eigenvalue weighted by molar-refractivity contribution is 7.21. The molecule has 0 unspecified atom stereocenters. The summed E-state index contributed by atoms with van der Waals surface area (Å²) in [5.41, 5.74) is 9.11. The number of aryl methyl sites for hydroxylation is 2. The number of fused-ring (bicyclic) bond motifs is 1. The van der Waals surface area contributed by atoms with E-state index in [9.17, 15) is 4.79 Å². The van der Waals surface area contributed by atoms with Crippen LogP contribution in [-0.2, 0) is 0 Å². The number of carbonyl (C=O) groups is 1. The van der Waals surface area contributed by atoms with E-state index >= 15 is 0 Å². The number of nitrogen functional groups attached to an aromatic ring is 1. The van der Waals surface area contributed by atoms with Crippen molar-refractivity contribution in [2.24, 2.45) is 0 Å². The van der Waals surface area contributed by atoms with E-state index in [2.05, 4.69) is 4.98 Å². The molecule has 0 aliphatic carbocycles. The van der Waals surface area contributed by atoms with Crippen LogP contribution in [0.15, 0.2) is 30.3 Å². The minimum Gasteiger partial charge on any atom is -0.397 e. The van der Waals surface area contributed by atoms with E-state index in [1.54, 1.807) is 11.9 Å². The van der Waals surface area contributed by atoms with Crippen molar-refractivity contribution in [2.75, 3.05) is 17.7 Å². The molecule has 3 aromatic rings. The number of nitrogens with zero attached hydrogens (tertiary/aromatic N) is 2. The Morgan fingerprint density at radius 1 is 1.26 bits per heavy atom. The molecule has 23 heavy (non-hydrogen) atoms. The molecule has 0 bridgehead atoms. The molecule has 0 radical (unpaired) electrons. The Bertz CT molecular complexity index is 905. The first-order chi connectivity index (χ1) is 10.9. The van der Waals surface area contributed by atoms with Crippen LogP contribution in [0.5, 0.6) is 0 Å². The number of para-hydroxylation sites is 1. The number of hydrogen-bond acceptors (Lipinski definition) is 4. The van der Waals surface area contributed by atoms with Crippen molar-refractivity contribution in [3.05, 3.63) is 51.5 Å². The summed E-state index contributed by atoms with van der Waals surface area (Å²) < 4.78 is 0. The molecule has 0 saturated carbocycles. The number of thiophene rings is 1. The third kappa shape index (κ3) is 2.56. The summed E-state index contributed by atoms with van der Waals surface area (Å²) in [4.78, 5) is 20.1. The predicted octanol–water partition coefficient (Wildman–Crippen LogP) is 4.43. The minimum atomic E-state index is -0.148. The Morgan fingerprint density at radius 2 is 1.91 bits per heavy atom. The van der Waals surface area contributed by atoms with Gasteiger partial charge in [-0.15, -0.1) is 11.3 Å². The van der Waals surface area contributed by atoms with E-state index in [0.717, 1.165) is 27.2 Å². The lowest BCUT2D eigenvalue weighted by molar-refractivity contribution is 0.0997.